The van der Waals surface area contributed by atoms with Gasteiger partial charge in [0.05, 0.1) is 24.3 Å². The van der Waals surface area contributed by atoms with Crippen LogP contribution in [0.2, 0.25) is 0 Å². The summed E-state index contributed by atoms with van der Waals surface area (Å²) >= 11 is 0. The number of aromatic nitrogens is 4. The Kier molecular flexibility index (Phi) is 3.63. The number of hydrogen-bond donors (Lipinski definition) is 2. The molecule has 1 aliphatic heterocycles. The van der Waals surface area contributed by atoms with Gasteiger partial charge in [0.1, 0.15) is 23.0 Å². The van der Waals surface area contributed by atoms with E-state index in [1.807, 2.05) is 0 Å². The zero-order valence-electron chi connectivity index (χ0n) is 12.5. The maximum absolute atomic E-state index is 13.3. The van der Waals surface area contributed by atoms with Crippen LogP contribution in [-0.2, 0) is 0 Å². The minimum atomic E-state index is -0.305. The van der Waals surface area contributed by atoms with Crippen molar-refractivity contribution in [1.82, 2.24) is 24.7 Å². The maximum atomic E-state index is 13.3. The van der Waals surface area contributed by atoms with Crippen LogP contribution in [0.25, 0.3) is 17.0 Å². The highest BCUT2D eigenvalue weighted by Gasteiger charge is 2.14. The summed E-state index contributed by atoms with van der Waals surface area (Å²) in [4.78, 5) is 13.1. The molecule has 0 aromatic carbocycles. The summed E-state index contributed by atoms with van der Waals surface area (Å²) in [5.74, 6) is 0.439. The molecule has 1 fully saturated rings. The zero-order valence-corrected chi connectivity index (χ0v) is 12.5. The van der Waals surface area contributed by atoms with Gasteiger partial charge in [-0.3, -0.25) is 9.38 Å². The standard InChI is InChI=1S/C16H17FN6/c17-11-3-5-23-14(9-20-16(23)6-11)13-8-19-10-15(22-13)21-12-2-1-4-18-7-12/h3,5-6,8-10,12,18H,1-2,4,7H2,(H,21,22). The number of rotatable bonds is 3. The van der Waals surface area contributed by atoms with Crippen LogP contribution >= 0.6 is 0 Å². The summed E-state index contributed by atoms with van der Waals surface area (Å²) in [6.07, 6.45) is 9.03. The summed E-state index contributed by atoms with van der Waals surface area (Å²) < 4.78 is 15.1. The van der Waals surface area contributed by atoms with E-state index in [0.717, 1.165) is 37.4 Å². The Labute approximate surface area is 132 Å². The monoisotopic (exact) mass is 312 g/mol. The van der Waals surface area contributed by atoms with E-state index in [4.69, 9.17) is 0 Å². The molecule has 1 unspecified atom stereocenters. The van der Waals surface area contributed by atoms with E-state index in [9.17, 15) is 4.39 Å². The second kappa shape index (κ2) is 5.92. The highest BCUT2D eigenvalue weighted by atomic mass is 19.1. The molecule has 1 saturated heterocycles. The Hall–Kier alpha value is -2.54. The fourth-order valence-electron chi connectivity index (χ4n) is 2.89. The van der Waals surface area contributed by atoms with Crippen LogP contribution in [0.3, 0.4) is 0 Å². The first-order valence-electron chi connectivity index (χ1n) is 7.72. The molecule has 3 aromatic heterocycles. The highest BCUT2D eigenvalue weighted by molar-refractivity contribution is 5.60. The molecule has 2 N–H and O–H groups in total. The molecule has 0 bridgehead atoms. The molecule has 0 radical (unpaired) electrons. The zero-order chi connectivity index (χ0) is 15.6. The lowest BCUT2D eigenvalue weighted by Gasteiger charge is -2.24. The second-order valence-corrected chi connectivity index (χ2v) is 5.69. The average Bonchev–Trinajstić information content (AvgIpc) is 2.99. The molecular weight excluding hydrogens is 295 g/mol. The maximum Gasteiger partial charge on any atom is 0.145 e. The molecule has 0 aliphatic carbocycles. The predicted octanol–water partition coefficient (Wildman–Crippen LogP) is 2.09. The van der Waals surface area contributed by atoms with Crippen molar-refractivity contribution >= 4 is 11.5 Å². The van der Waals surface area contributed by atoms with Gasteiger partial charge in [0.25, 0.3) is 0 Å². The molecular formula is C16H17FN6. The van der Waals surface area contributed by atoms with Crippen molar-refractivity contribution in [3.8, 4) is 11.4 Å². The molecule has 0 saturated carbocycles. The van der Waals surface area contributed by atoms with E-state index in [-0.39, 0.29) is 5.82 Å². The van der Waals surface area contributed by atoms with Crippen LogP contribution in [0.4, 0.5) is 10.2 Å². The number of pyridine rings is 1. The summed E-state index contributed by atoms with van der Waals surface area (Å²) in [5, 5.41) is 6.78. The van der Waals surface area contributed by atoms with Crippen LogP contribution in [0.1, 0.15) is 12.8 Å². The summed E-state index contributed by atoms with van der Waals surface area (Å²) in [6.45, 7) is 2.00. The molecule has 0 amide bonds. The van der Waals surface area contributed by atoms with Gasteiger partial charge in [-0.2, -0.15) is 0 Å². The van der Waals surface area contributed by atoms with Crippen molar-refractivity contribution in [2.24, 2.45) is 0 Å². The fourth-order valence-corrected chi connectivity index (χ4v) is 2.89. The van der Waals surface area contributed by atoms with Gasteiger partial charge < -0.3 is 10.6 Å². The van der Waals surface area contributed by atoms with Gasteiger partial charge in [-0.25, -0.2) is 14.4 Å². The van der Waals surface area contributed by atoms with Gasteiger partial charge in [0.2, 0.25) is 0 Å². The normalized spacial score (nSPS) is 18.2. The molecule has 3 aromatic rings. The van der Waals surface area contributed by atoms with Crippen LogP contribution in [-0.4, -0.2) is 38.5 Å². The number of anilines is 1. The lowest BCUT2D eigenvalue weighted by Crippen LogP contribution is -2.38. The number of nitrogens with zero attached hydrogens (tertiary/aromatic N) is 4. The third kappa shape index (κ3) is 2.87. The Balaban J connectivity index is 1.64. The Morgan fingerprint density at radius 1 is 1.30 bits per heavy atom. The predicted molar refractivity (Wildman–Crippen MR) is 85.7 cm³/mol. The quantitative estimate of drug-likeness (QED) is 0.775. The minimum Gasteiger partial charge on any atom is -0.365 e. The van der Waals surface area contributed by atoms with Gasteiger partial charge in [0.15, 0.2) is 0 Å². The topological polar surface area (TPSA) is 67.1 Å². The molecule has 4 heterocycles. The van der Waals surface area contributed by atoms with Crippen molar-refractivity contribution < 1.29 is 4.39 Å². The smallest absolute Gasteiger partial charge is 0.145 e. The first kappa shape index (κ1) is 14.1. The molecule has 118 valence electrons. The van der Waals surface area contributed by atoms with E-state index in [1.165, 1.54) is 12.1 Å². The number of piperidine rings is 1. The Bertz CT molecular complexity index is 824. The van der Waals surface area contributed by atoms with E-state index < -0.39 is 0 Å². The van der Waals surface area contributed by atoms with Gasteiger partial charge in [0, 0.05) is 24.8 Å². The minimum absolute atomic E-state index is 0.305. The fraction of sp³-hybridized carbons (Fsp3) is 0.312. The van der Waals surface area contributed by atoms with Gasteiger partial charge >= 0.3 is 0 Å². The van der Waals surface area contributed by atoms with Crippen molar-refractivity contribution in [3.63, 3.8) is 0 Å². The van der Waals surface area contributed by atoms with Crippen LogP contribution in [0.15, 0.2) is 36.9 Å². The van der Waals surface area contributed by atoms with Crippen molar-refractivity contribution in [3.05, 3.63) is 42.7 Å². The molecule has 23 heavy (non-hydrogen) atoms. The van der Waals surface area contributed by atoms with E-state index >= 15 is 0 Å². The first-order valence-corrected chi connectivity index (χ1v) is 7.72. The number of halogens is 1. The largest absolute Gasteiger partial charge is 0.365 e. The van der Waals surface area contributed by atoms with Crippen molar-refractivity contribution in [2.75, 3.05) is 18.4 Å². The molecule has 4 rings (SSSR count). The number of imidazole rings is 1. The van der Waals surface area contributed by atoms with Crippen LogP contribution < -0.4 is 10.6 Å². The lowest BCUT2D eigenvalue weighted by molar-refractivity contribution is 0.479. The summed E-state index contributed by atoms with van der Waals surface area (Å²) in [6, 6.07) is 3.17. The van der Waals surface area contributed by atoms with E-state index in [2.05, 4.69) is 25.6 Å². The van der Waals surface area contributed by atoms with Gasteiger partial charge in [-0.05, 0) is 25.5 Å². The lowest BCUT2D eigenvalue weighted by atomic mass is 10.1. The molecule has 1 atom stereocenters. The Morgan fingerprint density at radius 2 is 2.26 bits per heavy atom. The number of hydrogen-bond acceptors (Lipinski definition) is 5. The molecule has 7 heteroatoms. The first-order chi connectivity index (χ1) is 11.3. The Morgan fingerprint density at radius 3 is 3.13 bits per heavy atom. The SMILES string of the molecule is Fc1ccn2c(-c3cncc(NC4CCCNC4)n3)cnc2c1. The molecule has 1 aliphatic rings. The number of fused-ring (bicyclic) bond motifs is 1. The van der Waals surface area contributed by atoms with Crippen molar-refractivity contribution in [2.45, 2.75) is 18.9 Å². The summed E-state index contributed by atoms with van der Waals surface area (Å²) in [5.41, 5.74) is 2.05. The van der Waals surface area contributed by atoms with E-state index in [0.29, 0.717) is 17.4 Å². The summed E-state index contributed by atoms with van der Waals surface area (Å²) in [7, 11) is 0. The van der Waals surface area contributed by atoms with Gasteiger partial charge in [-0.1, -0.05) is 0 Å². The third-order valence-electron chi connectivity index (χ3n) is 4.02. The van der Waals surface area contributed by atoms with E-state index in [1.54, 1.807) is 29.2 Å². The average molecular weight is 312 g/mol. The second-order valence-electron chi connectivity index (χ2n) is 5.69. The van der Waals surface area contributed by atoms with Gasteiger partial charge in [-0.15, -0.1) is 0 Å². The molecule has 6 nitrogen and oxygen atoms in total. The molecule has 0 spiro atoms. The van der Waals surface area contributed by atoms with Crippen LogP contribution in [0, 0.1) is 5.82 Å². The van der Waals surface area contributed by atoms with Crippen molar-refractivity contribution in [1.29, 1.82) is 0 Å². The number of nitrogens with one attached hydrogen (secondary N) is 2. The van der Waals surface area contributed by atoms with Crippen LogP contribution in [0.5, 0.6) is 0 Å². The highest BCUT2D eigenvalue weighted by Crippen LogP contribution is 2.20. The third-order valence-corrected chi connectivity index (χ3v) is 4.02.